The molecule has 2 aliphatic carbocycles. The summed E-state index contributed by atoms with van der Waals surface area (Å²) >= 11 is 2.51. The van der Waals surface area contributed by atoms with Gasteiger partial charge in [0.25, 0.3) is 0 Å². The fraction of sp³-hybridized carbons (Fsp3) is 0.545. The summed E-state index contributed by atoms with van der Waals surface area (Å²) in [4.78, 5) is 9.26. The standard InChI is InChI=1S/C22H24F2N8S2/c1-30-6-8-31(9-7-30)17-14-10-26-18(19-27-28-20(33-19)21(13-25)2-3-21)32(14)11-15(16(17)24)34-29-22(12-23)4-5-22/h10-11,29H,2-9,12H2,1H3. The third kappa shape index (κ3) is 3.66. The van der Waals surface area contributed by atoms with Gasteiger partial charge >= 0.3 is 0 Å². The van der Waals surface area contributed by atoms with Crippen LogP contribution in [0.4, 0.5) is 14.5 Å². The lowest BCUT2D eigenvalue weighted by Gasteiger charge is -2.34. The predicted octanol–water partition coefficient (Wildman–Crippen LogP) is 3.40. The third-order valence-corrected chi connectivity index (χ3v) is 9.17. The van der Waals surface area contributed by atoms with E-state index < -0.39 is 17.6 Å². The first-order valence-electron chi connectivity index (χ1n) is 11.4. The number of hydrogen-bond acceptors (Lipinski definition) is 9. The van der Waals surface area contributed by atoms with Crippen molar-refractivity contribution in [3.8, 4) is 16.9 Å². The molecule has 8 nitrogen and oxygen atoms in total. The zero-order valence-electron chi connectivity index (χ0n) is 18.7. The van der Waals surface area contributed by atoms with Crippen LogP contribution in [0.1, 0.15) is 30.7 Å². The van der Waals surface area contributed by atoms with Gasteiger partial charge in [-0.3, -0.25) is 9.12 Å². The monoisotopic (exact) mass is 502 g/mol. The molecule has 6 rings (SSSR count). The molecule has 4 heterocycles. The molecule has 1 aliphatic heterocycles. The number of imidazole rings is 1. The summed E-state index contributed by atoms with van der Waals surface area (Å²) in [5.41, 5.74) is 0.0907. The van der Waals surface area contributed by atoms with E-state index in [0.717, 1.165) is 50.7 Å². The second kappa shape index (κ2) is 8.12. The molecular formula is C22H24F2N8S2. The van der Waals surface area contributed by atoms with Crippen LogP contribution in [0.25, 0.3) is 16.3 Å². The van der Waals surface area contributed by atoms with E-state index in [0.29, 0.717) is 45.0 Å². The van der Waals surface area contributed by atoms with Crippen molar-refractivity contribution in [3.05, 3.63) is 23.2 Å². The number of nitrogens with one attached hydrogen (secondary N) is 1. The third-order valence-electron chi connectivity index (χ3n) is 7.01. The molecule has 12 heteroatoms. The Hall–Kier alpha value is -2.33. The summed E-state index contributed by atoms with van der Waals surface area (Å²) in [6.07, 6.45) is 6.46. The van der Waals surface area contributed by atoms with Crippen molar-refractivity contribution in [1.29, 1.82) is 5.26 Å². The number of pyridine rings is 1. The maximum absolute atomic E-state index is 15.9. The number of hydrogen-bond donors (Lipinski definition) is 1. The molecule has 0 atom stereocenters. The second-order valence-electron chi connectivity index (χ2n) is 9.51. The number of halogens is 2. The van der Waals surface area contributed by atoms with E-state index in [1.807, 2.05) is 4.40 Å². The van der Waals surface area contributed by atoms with Crippen molar-refractivity contribution in [1.82, 2.24) is 29.2 Å². The molecule has 0 aromatic carbocycles. The topological polar surface area (TPSA) is 85.4 Å². The van der Waals surface area contributed by atoms with E-state index in [1.165, 1.54) is 11.3 Å². The first kappa shape index (κ1) is 22.2. The molecule has 1 saturated heterocycles. The molecule has 3 aromatic heterocycles. The molecular weight excluding hydrogens is 478 g/mol. The number of piperazine rings is 1. The minimum atomic E-state index is -0.554. The van der Waals surface area contributed by atoms with E-state index in [-0.39, 0.29) is 5.82 Å². The highest BCUT2D eigenvalue weighted by Gasteiger charge is 2.48. The molecule has 3 aromatic rings. The summed E-state index contributed by atoms with van der Waals surface area (Å²) < 4.78 is 34.3. The Bertz CT molecular complexity index is 1280. The van der Waals surface area contributed by atoms with E-state index >= 15 is 4.39 Å². The van der Waals surface area contributed by atoms with Crippen molar-refractivity contribution in [2.24, 2.45) is 0 Å². The van der Waals surface area contributed by atoms with Gasteiger partial charge in [-0.05, 0) is 44.7 Å². The molecule has 0 bridgehead atoms. The number of alkyl halides is 1. The Labute approximate surface area is 204 Å². The molecule has 178 valence electrons. The number of aromatic nitrogens is 4. The van der Waals surface area contributed by atoms with Crippen LogP contribution >= 0.6 is 23.3 Å². The van der Waals surface area contributed by atoms with Gasteiger partial charge in [0.05, 0.1) is 28.2 Å². The van der Waals surface area contributed by atoms with E-state index in [2.05, 4.69) is 42.8 Å². The first-order valence-corrected chi connectivity index (χ1v) is 13.0. The van der Waals surface area contributed by atoms with E-state index in [1.54, 1.807) is 12.4 Å². The van der Waals surface area contributed by atoms with Gasteiger partial charge in [0, 0.05) is 32.4 Å². The molecule has 3 fully saturated rings. The molecule has 0 unspecified atom stereocenters. The summed E-state index contributed by atoms with van der Waals surface area (Å²) in [6, 6.07) is 2.36. The molecule has 3 aliphatic rings. The highest BCUT2D eigenvalue weighted by molar-refractivity contribution is 7.97. The Balaban J connectivity index is 1.43. The summed E-state index contributed by atoms with van der Waals surface area (Å²) in [6.45, 7) is 2.60. The molecule has 0 radical (unpaired) electrons. The Kier molecular flexibility index (Phi) is 5.29. The Morgan fingerprint density at radius 1 is 1.21 bits per heavy atom. The van der Waals surface area contributed by atoms with E-state index in [9.17, 15) is 9.65 Å². The van der Waals surface area contributed by atoms with Crippen LogP contribution in [0.3, 0.4) is 0 Å². The van der Waals surface area contributed by atoms with Gasteiger partial charge in [-0.15, -0.1) is 10.2 Å². The number of nitrogens with zero attached hydrogens (tertiary/aromatic N) is 7. The number of likely N-dealkylation sites (N-methyl/N-ethyl adjacent to an activating group) is 1. The minimum absolute atomic E-state index is 0.324. The summed E-state index contributed by atoms with van der Waals surface area (Å²) in [5.74, 6) is 0.242. The maximum atomic E-state index is 15.9. The smallest absolute Gasteiger partial charge is 0.183 e. The summed E-state index contributed by atoms with van der Waals surface area (Å²) in [7, 11) is 2.06. The van der Waals surface area contributed by atoms with Crippen LogP contribution in [0.5, 0.6) is 0 Å². The first-order chi connectivity index (χ1) is 16.5. The quantitative estimate of drug-likeness (QED) is 0.492. The maximum Gasteiger partial charge on any atom is 0.183 e. The van der Waals surface area contributed by atoms with Crippen molar-refractivity contribution in [3.63, 3.8) is 0 Å². The minimum Gasteiger partial charge on any atom is -0.365 e. The average Bonchev–Trinajstić information content (AvgIpc) is 3.73. The molecule has 1 N–H and O–H groups in total. The lowest BCUT2D eigenvalue weighted by molar-refractivity contribution is 0.311. The lowest BCUT2D eigenvalue weighted by atomic mass is 10.1. The van der Waals surface area contributed by atoms with E-state index in [4.69, 9.17) is 0 Å². The largest absolute Gasteiger partial charge is 0.365 e. The Morgan fingerprint density at radius 2 is 1.97 bits per heavy atom. The van der Waals surface area contributed by atoms with Crippen molar-refractivity contribution >= 4 is 34.5 Å². The lowest BCUT2D eigenvalue weighted by Crippen LogP contribution is -2.45. The van der Waals surface area contributed by atoms with Gasteiger partial charge in [-0.25, -0.2) is 13.8 Å². The molecule has 2 saturated carbocycles. The molecule has 0 amide bonds. The van der Waals surface area contributed by atoms with Crippen LogP contribution < -0.4 is 9.62 Å². The zero-order chi connectivity index (χ0) is 23.5. The van der Waals surface area contributed by atoms with Gasteiger partial charge in [0.1, 0.15) is 22.8 Å². The van der Waals surface area contributed by atoms with Crippen LogP contribution in [0.2, 0.25) is 0 Å². The second-order valence-corrected chi connectivity index (χ2v) is 11.3. The fourth-order valence-corrected chi connectivity index (χ4v) is 6.18. The van der Waals surface area contributed by atoms with Gasteiger partial charge in [-0.2, -0.15) is 5.26 Å². The van der Waals surface area contributed by atoms with Crippen molar-refractivity contribution < 1.29 is 8.78 Å². The summed E-state index contributed by atoms with van der Waals surface area (Å²) in [5, 5.41) is 19.4. The average molecular weight is 503 g/mol. The number of rotatable bonds is 7. The molecule has 34 heavy (non-hydrogen) atoms. The highest BCUT2D eigenvalue weighted by atomic mass is 32.2. The molecule has 0 spiro atoms. The van der Waals surface area contributed by atoms with Gasteiger partial charge in [0.2, 0.25) is 0 Å². The Morgan fingerprint density at radius 3 is 2.62 bits per heavy atom. The van der Waals surface area contributed by atoms with Gasteiger partial charge in [-0.1, -0.05) is 11.3 Å². The van der Waals surface area contributed by atoms with Crippen molar-refractivity contribution in [2.45, 2.75) is 41.5 Å². The number of anilines is 1. The number of nitriles is 1. The highest BCUT2D eigenvalue weighted by Crippen LogP contribution is 2.49. The number of fused-ring (bicyclic) bond motifs is 1. The van der Waals surface area contributed by atoms with Crippen LogP contribution in [0.15, 0.2) is 17.3 Å². The van der Waals surface area contributed by atoms with Gasteiger partial charge < -0.3 is 9.80 Å². The van der Waals surface area contributed by atoms with Crippen LogP contribution in [-0.2, 0) is 5.41 Å². The van der Waals surface area contributed by atoms with Gasteiger partial charge in [0.15, 0.2) is 16.6 Å². The zero-order valence-corrected chi connectivity index (χ0v) is 20.4. The predicted molar refractivity (Wildman–Crippen MR) is 127 cm³/mol. The fourth-order valence-electron chi connectivity index (χ4n) is 4.21. The normalized spacial score (nSPS) is 21.1. The van der Waals surface area contributed by atoms with Crippen LogP contribution in [0, 0.1) is 17.1 Å². The van der Waals surface area contributed by atoms with Crippen molar-refractivity contribution in [2.75, 3.05) is 44.8 Å². The van der Waals surface area contributed by atoms with Crippen LogP contribution in [-0.4, -0.2) is 69.9 Å². The SMILES string of the molecule is CN1CCN(c2c(F)c(SNC3(CF)CC3)cn3c(-c4nnc(C5(C#N)CC5)s4)ncc23)CC1.